The van der Waals surface area contributed by atoms with Crippen LogP contribution in [0.3, 0.4) is 0 Å². The normalized spacial score (nSPS) is 9.63. The van der Waals surface area contributed by atoms with Crippen LogP contribution in [-0.4, -0.2) is 7.28 Å². The van der Waals surface area contributed by atoms with E-state index >= 15 is 0 Å². The van der Waals surface area contributed by atoms with Crippen LogP contribution in [-0.2, 0) is 0 Å². The van der Waals surface area contributed by atoms with Crippen molar-refractivity contribution in [1.29, 1.82) is 0 Å². The molecule has 0 bridgehead atoms. The minimum absolute atomic E-state index is 0.248. The highest BCUT2D eigenvalue weighted by molar-refractivity contribution is 6.52. The van der Waals surface area contributed by atoms with Crippen LogP contribution in [0.2, 0.25) is 6.82 Å². The summed E-state index contributed by atoms with van der Waals surface area (Å²) < 4.78 is 13.8. The van der Waals surface area contributed by atoms with Crippen molar-refractivity contribution >= 4 is 12.7 Å². The summed E-state index contributed by atoms with van der Waals surface area (Å²) in [5, 5.41) is 0. The molecule has 3 aromatic rings. The molecule has 27 heavy (non-hydrogen) atoms. The molecule has 0 unspecified atom stereocenters. The maximum absolute atomic E-state index is 13.8. The molecule has 0 atom stereocenters. The van der Waals surface area contributed by atoms with Crippen molar-refractivity contribution in [3.05, 3.63) is 99.9 Å². The number of aryl methyl sites for hydroxylation is 2. The molecule has 0 nitrogen and oxygen atoms in total. The first kappa shape index (κ1) is 18.6. The highest BCUT2D eigenvalue weighted by Crippen LogP contribution is 2.10. The Balaban J connectivity index is 1.80. The molecule has 0 aliphatic heterocycles. The number of rotatable bonds is 1. The van der Waals surface area contributed by atoms with E-state index in [1.807, 2.05) is 50.1 Å². The molecule has 0 N–H and O–H groups in total. The van der Waals surface area contributed by atoms with Gasteiger partial charge in [-0.2, -0.15) is 0 Å². The number of halogens is 1. The Hall–Kier alpha value is -3.23. The lowest BCUT2D eigenvalue weighted by molar-refractivity contribution is 0.635. The third-order valence-electron chi connectivity index (χ3n) is 4.28. The summed E-state index contributed by atoms with van der Waals surface area (Å²) in [7, 11) is 1.74. The number of benzene rings is 3. The van der Waals surface area contributed by atoms with Gasteiger partial charge in [-0.3, -0.25) is 0 Å². The lowest BCUT2D eigenvalue weighted by Gasteiger charge is -2.00. The van der Waals surface area contributed by atoms with Gasteiger partial charge < -0.3 is 0 Å². The van der Waals surface area contributed by atoms with Crippen LogP contribution in [0.5, 0.6) is 0 Å². The molecule has 0 fully saturated rings. The molecule has 1 radical (unpaired) electrons. The molecule has 3 aromatic carbocycles. The first-order chi connectivity index (χ1) is 13.0. The minimum atomic E-state index is -0.248. The predicted octanol–water partition coefficient (Wildman–Crippen LogP) is 4.62. The molecular weight excluding hydrogens is 330 g/mol. The van der Waals surface area contributed by atoms with E-state index in [0.717, 1.165) is 22.3 Å². The van der Waals surface area contributed by atoms with E-state index in [9.17, 15) is 4.39 Å². The van der Waals surface area contributed by atoms with Crippen LogP contribution >= 0.6 is 0 Å². The second kappa shape index (κ2) is 8.44. The van der Waals surface area contributed by atoms with Gasteiger partial charge in [-0.05, 0) is 61.9 Å². The summed E-state index contributed by atoms with van der Waals surface area (Å²) in [5.41, 5.74) is 6.42. The van der Waals surface area contributed by atoms with E-state index in [-0.39, 0.29) is 5.82 Å². The van der Waals surface area contributed by atoms with Crippen molar-refractivity contribution in [3.8, 4) is 23.7 Å². The molecular formula is C25H19BF. The zero-order chi connectivity index (χ0) is 19.2. The fourth-order valence-electron chi connectivity index (χ4n) is 2.64. The maximum Gasteiger partial charge on any atom is 0.152 e. The molecule has 129 valence electrons. The molecule has 0 amide bonds. The van der Waals surface area contributed by atoms with Crippen LogP contribution in [0.4, 0.5) is 4.39 Å². The van der Waals surface area contributed by atoms with Crippen LogP contribution in [0.25, 0.3) is 0 Å². The van der Waals surface area contributed by atoms with Gasteiger partial charge in [0.1, 0.15) is 5.82 Å². The van der Waals surface area contributed by atoms with Crippen molar-refractivity contribution in [2.45, 2.75) is 20.7 Å². The Kier molecular flexibility index (Phi) is 5.80. The van der Waals surface area contributed by atoms with Crippen molar-refractivity contribution < 1.29 is 4.39 Å². The molecule has 2 heteroatoms. The van der Waals surface area contributed by atoms with Crippen molar-refractivity contribution in [2.24, 2.45) is 0 Å². The van der Waals surface area contributed by atoms with Gasteiger partial charge in [0.25, 0.3) is 0 Å². The van der Waals surface area contributed by atoms with Crippen molar-refractivity contribution in [2.75, 3.05) is 0 Å². The monoisotopic (exact) mass is 349 g/mol. The van der Waals surface area contributed by atoms with E-state index in [1.165, 1.54) is 11.6 Å². The zero-order valence-electron chi connectivity index (χ0n) is 15.7. The van der Waals surface area contributed by atoms with Crippen molar-refractivity contribution in [1.82, 2.24) is 0 Å². The molecule has 0 spiro atoms. The van der Waals surface area contributed by atoms with E-state index in [0.29, 0.717) is 11.0 Å². The highest BCUT2D eigenvalue weighted by atomic mass is 19.1. The Morgan fingerprint density at radius 3 is 1.93 bits per heavy atom. The second-order valence-electron chi connectivity index (χ2n) is 6.42. The van der Waals surface area contributed by atoms with Gasteiger partial charge in [0.05, 0.1) is 0 Å². The summed E-state index contributed by atoms with van der Waals surface area (Å²) in [6, 6.07) is 19.2. The Bertz CT molecular complexity index is 1090. The number of hydrogen-bond donors (Lipinski definition) is 0. The third-order valence-corrected chi connectivity index (χ3v) is 4.28. The highest BCUT2D eigenvalue weighted by Gasteiger charge is 2.00. The average Bonchev–Trinajstić information content (AvgIpc) is 2.67. The molecule has 0 saturated heterocycles. The van der Waals surface area contributed by atoms with Crippen LogP contribution < -0.4 is 5.46 Å². The topological polar surface area (TPSA) is 0 Å². The lowest BCUT2D eigenvalue weighted by Crippen LogP contribution is -2.15. The molecule has 0 saturated carbocycles. The van der Waals surface area contributed by atoms with Gasteiger partial charge in [0.15, 0.2) is 7.28 Å². The van der Waals surface area contributed by atoms with Crippen LogP contribution in [0.1, 0.15) is 33.4 Å². The van der Waals surface area contributed by atoms with Gasteiger partial charge in [-0.1, -0.05) is 59.7 Å². The first-order valence-corrected chi connectivity index (χ1v) is 8.85. The van der Waals surface area contributed by atoms with Gasteiger partial charge in [0.2, 0.25) is 0 Å². The standard InChI is InChI=1S/C25H19BF/c1-18-4-6-20(7-5-18)10-13-23-14-11-21(16-19(23)2)8-9-22-12-15-24(26-3)25(27)17-22/h4-7,11-12,14-17H,1-3H3. The SMILES string of the molecule is C[B]c1ccc(C#Cc2ccc(C#Cc3ccc(C)cc3)c(C)c2)cc1F. The first-order valence-electron chi connectivity index (χ1n) is 8.85. The molecule has 0 heterocycles. The summed E-state index contributed by atoms with van der Waals surface area (Å²) in [5.74, 6) is 12.3. The largest absolute Gasteiger partial charge is 0.208 e. The Labute approximate surface area is 161 Å². The van der Waals surface area contributed by atoms with E-state index in [1.54, 1.807) is 13.3 Å². The summed E-state index contributed by atoms with van der Waals surface area (Å²) in [6.07, 6.45) is 0. The second-order valence-corrected chi connectivity index (χ2v) is 6.42. The molecule has 0 aliphatic rings. The fourth-order valence-corrected chi connectivity index (χ4v) is 2.64. The van der Waals surface area contributed by atoms with Crippen molar-refractivity contribution in [3.63, 3.8) is 0 Å². The molecule has 0 aliphatic carbocycles. The zero-order valence-corrected chi connectivity index (χ0v) is 15.7. The summed E-state index contributed by atoms with van der Waals surface area (Å²) in [6.45, 7) is 5.90. The quantitative estimate of drug-likeness (QED) is 0.444. The third kappa shape index (κ3) is 4.90. The van der Waals surface area contributed by atoms with Gasteiger partial charge in [-0.15, -0.1) is 0 Å². The van der Waals surface area contributed by atoms with Gasteiger partial charge in [-0.25, -0.2) is 4.39 Å². The van der Waals surface area contributed by atoms with Crippen LogP contribution in [0.15, 0.2) is 60.7 Å². The van der Waals surface area contributed by atoms with Crippen LogP contribution in [0, 0.1) is 43.3 Å². The molecule has 3 rings (SSSR count). The smallest absolute Gasteiger partial charge is 0.152 e. The van der Waals surface area contributed by atoms with E-state index in [2.05, 4.69) is 42.7 Å². The Morgan fingerprint density at radius 1 is 0.704 bits per heavy atom. The average molecular weight is 349 g/mol. The summed E-state index contributed by atoms with van der Waals surface area (Å²) >= 11 is 0. The van der Waals surface area contributed by atoms with Gasteiger partial charge >= 0.3 is 0 Å². The van der Waals surface area contributed by atoms with E-state index in [4.69, 9.17) is 0 Å². The summed E-state index contributed by atoms with van der Waals surface area (Å²) in [4.78, 5) is 0. The minimum Gasteiger partial charge on any atom is -0.208 e. The maximum atomic E-state index is 13.8. The lowest BCUT2D eigenvalue weighted by atomic mass is 9.73. The number of hydrogen-bond acceptors (Lipinski definition) is 0. The van der Waals surface area contributed by atoms with E-state index < -0.39 is 0 Å². The fraction of sp³-hybridized carbons (Fsp3) is 0.120. The predicted molar refractivity (Wildman–Crippen MR) is 112 cm³/mol. The Morgan fingerprint density at radius 2 is 1.30 bits per heavy atom. The molecule has 0 aromatic heterocycles. The van der Waals surface area contributed by atoms with Gasteiger partial charge in [0, 0.05) is 22.3 Å².